The Hall–Kier alpha value is -2.91. The number of nitrogens with one attached hydrogen (secondary N) is 2. The average Bonchev–Trinajstić information content (AvgIpc) is 3.60. The number of carbonyl (C=O) groups is 2. The highest BCUT2D eigenvalue weighted by Crippen LogP contribution is 2.25. The van der Waals surface area contributed by atoms with E-state index in [1.54, 1.807) is 22.9 Å². The van der Waals surface area contributed by atoms with Gasteiger partial charge in [-0.3, -0.25) is 9.59 Å². The number of aromatic nitrogens is 2. The fraction of sp³-hybridized carbons (Fsp3) is 0.483. The zero-order valence-corrected chi connectivity index (χ0v) is 24.3. The first kappa shape index (κ1) is 31.3. The van der Waals surface area contributed by atoms with Crippen molar-refractivity contribution in [2.24, 2.45) is 11.8 Å². The topological polar surface area (TPSA) is 96.3 Å². The molecule has 7 nitrogen and oxygen atoms in total. The largest absolute Gasteiger partial charge is 0.402 e. The fourth-order valence-electron chi connectivity index (χ4n) is 3.62. The molecule has 3 atom stereocenters. The molecule has 0 saturated carbocycles. The van der Waals surface area contributed by atoms with Gasteiger partial charge in [0.2, 0.25) is 13.3 Å². The molecule has 0 saturated heterocycles. The van der Waals surface area contributed by atoms with Crippen LogP contribution in [0.25, 0.3) is 11.3 Å². The lowest BCUT2D eigenvalue weighted by Crippen LogP contribution is -2.32. The van der Waals surface area contributed by atoms with Crippen molar-refractivity contribution in [3.8, 4) is 11.3 Å². The van der Waals surface area contributed by atoms with E-state index in [9.17, 15) is 14.7 Å². The van der Waals surface area contributed by atoms with E-state index in [-0.39, 0.29) is 24.5 Å². The molecule has 0 aliphatic rings. The predicted octanol–water partition coefficient (Wildman–Crippen LogP) is 6.02. The number of benzene rings is 1. The normalized spacial score (nSPS) is 13.0. The van der Waals surface area contributed by atoms with Gasteiger partial charge in [-0.1, -0.05) is 71.1 Å². The zero-order chi connectivity index (χ0) is 28.1. The van der Waals surface area contributed by atoms with Crippen LogP contribution in [0.15, 0.2) is 48.1 Å². The van der Waals surface area contributed by atoms with Crippen LogP contribution in [0.4, 0.5) is 5.13 Å². The van der Waals surface area contributed by atoms with Crippen molar-refractivity contribution >= 4 is 35.7 Å². The van der Waals surface area contributed by atoms with Gasteiger partial charge in [0.05, 0.1) is 23.9 Å². The minimum atomic E-state index is -0.315. The summed E-state index contributed by atoms with van der Waals surface area (Å²) in [6.07, 6.45) is 7.85. The molecule has 2 amide bonds. The maximum Gasteiger partial charge on any atom is 0.253 e. The van der Waals surface area contributed by atoms with Crippen LogP contribution in [0.3, 0.4) is 0 Å². The van der Waals surface area contributed by atoms with Gasteiger partial charge in [-0.05, 0) is 49.9 Å². The van der Waals surface area contributed by atoms with Gasteiger partial charge < -0.3 is 20.2 Å². The molecular formula is C29H42BN4O3S. The molecular weight excluding hydrogens is 495 g/mol. The summed E-state index contributed by atoms with van der Waals surface area (Å²) in [4.78, 5) is 28.5. The highest BCUT2D eigenvalue weighted by Gasteiger charge is 2.13. The second-order valence-corrected chi connectivity index (χ2v) is 10.6. The number of anilines is 1. The smallest absolute Gasteiger partial charge is 0.253 e. The second-order valence-electron chi connectivity index (χ2n) is 9.79. The van der Waals surface area contributed by atoms with Crippen LogP contribution in [0.1, 0.15) is 69.3 Å². The molecule has 3 aromatic rings. The maximum atomic E-state index is 12.0. The van der Waals surface area contributed by atoms with Gasteiger partial charge in [-0.15, -0.1) is 11.3 Å². The Morgan fingerprint density at radius 2 is 1.92 bits per heavy atom. The number of aliphatic hydroxyl groups excluding tert-OH is 1. The van der Waals surface area contributed by atoms with E-state index in [4.69, 9.17) is 0 Å². The summed E-state index contributed by atoms with van der Waals surface area (Å²) in [5.74, 6) is 0.628. The van der Waals surface area contributed by atoms with Crippen molar-refractivity contribution in [2.75, 3.05) is 11.9 Å². The van der Waals surface area contributed by atoms with E-state index < -0.39 is 0 Å². The molecule has 9 heteroatoms. The summed E-state index contributed by atoms with van der Waals surface area (Å²) in [7, 11) is 1.83. The monoisotopic (exact) mass is 537 g/mol. The first-order valence-corrected chi connectivity index (χ1v) is 14.3. The molecule has 0 aliphatic heterocycles. The summed E-state index contributed by atoms with van der Waals surface area (Å²) >= 11 is 1.35. The van der Waals surface area contributed by atoms with Crippen LogP contribution in [-0.2, 0) is 4.79 Å². The van der Waals surface area contributed by atoms with Gasteiger partial charge in [0.25, 0.3) is 5.91 Å². The Morgan fingerprint density at radius 1 is 1.16 bits per heavy atom. The number of aliphatic hydroxyl groups is 1. The van der Waals surface area contributed by atoms with Crippen molar-refractivity contribution in [1.29, 1.82) is 0 Å². The zero-order valence-electron chi connectivity index (χ0n) is 23.5. The molecule has 0 bridgehead atoms. The Bertz CT molecular complexity index is 1150. The van der Waals surface area contributed by atoms with Gasteiger partial charge >= 0.3 is 0 Å². The van der Waals surface area contributed by atoms with Crippen molar-refractivity contribution in [2.45, 2.75) is 73.2 Å². The summed E-state index contributed by atoms with van der Waals surface area (Å²) in [5.41, 5.74) is 3.48. The summed E-state index contributed by atoms with van der Waals surface area (Å²) < 4.78 is 1.78. The highest BCUT2D eigenvalue weighted by molar-refractivity contribution is 7.14. The molecule has 1 aromatic carbocycles. The third kappa shape index (κ3) is 10.5. The lowest BCUT2D eigenvalue weighted by atomic mass is 9.93. The van der Waals surface area contributed by atoms with E-state index in [1.165, 1.54) is 24.2 Å². The van der Waals surface area contributed by atoms with Gasteiger partial charge in [-0.25, -0.2) is 4.98 Å². The van der Waals surface area contributed by atoms with Gasteiger partial charge in [0.15, 0.2) is 5.13 Å². The van der Waals surface area contributed by atoms with Gasteiger partial charge in [0.1, 0.15) is 0 Å². The number of nitrogens with zero attached hydrogens (tertiary/aromatic N) is 2. The van der Waals surface area contributed by atoms with Crippen LogP contribution >= 0.6 is 11.3 Å². The molecule has 2 heterocycles. The van der Waals surface area contributed by atoms with Crippen LogP contribution < -0.4 is 10.6 Å². The first-order chi connectivity index (χ1) is 18.2. The molecule has 205 valence electrons. The van der Waals surface area contributed by atoms with Gasteiger partial charge in [-0.2, -0.15) is 0 Å². The number of rotatable bonds is 12. The maximum absolute atomic E-state index is 12.0. The van der Waals surface area contributed by atoms with Crippen LogP contribution in [0, 0.1) is 18.8 Å². The molecule has 0 aliphatic carbocycles. The standard InChI is InChI=1S/C18H18BN4O2S.C11H24O/c1-12-4-3-5-13(8-12)15-11-26-18(21-15)22-16(24)9-20-17(25)14-6-7-23(10-14)19-2;1-5-9(3)7-8-11(12)10(4)6-2/h3-8,10-11H,9H2,1-2H3,(H,20,25)(H,21,22,24);9-12H,5-8H2,1-4H3. The van der Waals surface area contributed by atoms with Crippen LogP contribution in [0.5, 0.6) is 0 Å². The van der Waals surface area contributed by atoms with Crippen LogP contribution in [-0.4, -0.2) is 46.4 Å². The van der Waals surface area contributed by atoms with E-state index in [0.717, 1.165) is 35.6 Å². The van der Waals surface area contributed by atoms with Crippen LogP contribution in [0.2, 0.25) is 6.82 Å². The molecule has 0 spiro atoms. The lowest BCUT2D eigenvalue weighted by molar-refractivity contribution is -0.115. The first-order valence-electron chi connectivity index (χ1n) is 13.4. The van der Waals surface area contributed by atoms with Crippen molar-refractivity contribution < 1.29 is 14.7 Å². The molecule has 3 unspecified atom stereocenters. The number of amides is 2. The Morgan fingerprint density at radius 3 is 2.55 bits per heavy atom. The molecule has 38 heavy (non-hydrogen) atoms. The number of thiazole rings is 1. The van der Waals surface area contributed by atoms with Gasteiger partial charge in [0, 0.05) is 17.1 Å². The van der Waals surface area contributed by atoms with E-state index in [2.05, 4.69) is 43.3 Å². The highest BCUT2D eigenvalue weighted by atomic mass is 32.1. The van der Waals surface area contributed by atoms with E-state index in [1.807, 2.05) is 50.8 Å². The summed E-state index contributed by atoms with van der Waals surface area (Å²) in [5, 5.41) is 17.4. The van der Waals surface area contributed by atoms with Crippen molar-refractivity contribution in [1.82, 2.24) is 14.8 Å². The predicted molar refractivity (Wildman–Crippen MR) is 159 cm³/mol. The summed E-state index contributed by atoms with van der Waals surface area (Å²) in [6, 6.07) is 9.71. The molecule has 3 N–H and O–H groups in total. The quantitative estimate of drug-likeness (QED) is 0.246. The lowest BCUT2D eigenvalue weighted by Gasteiger charge is -2.18. The minimum Gasteiger partial charge on any atom is -0.402 e. The minimum absolute atomic E-state index is 0.0796. The fourth-order valence-corrected chi connectivity index (χ4v) is 4.35. The number of carbonyl (C=O) groups excluding carboxylic acids is 2. The molecule has 3 rings (SSSR count). The van der Waals surface area contributed by atoms with E-state index in [0.29, 0.717) is 16.6 Å². The number of hydrogen-bond donors (Lipinski definition) is 3. The second kappa shape index (κ2) is 16.1. The Kier molecular flexibility index (Phi) is 13.3. The molecule has 0 fully saturated rings. The third-order valence-electron chi connectivity index (χ3n) is 6.70. The molecule has 1 radical (unpaired) electrons. The number of aryl methyl sites for hydroxylation is 1. The van der Waals surface area contributed by atoms with Crippen molar-refractivity contribution in [3.05, 3.63) is 59.2 Å². The SMILES string of the molecule is CCC(C)CCC(O)C(C)CC.C[B]n1ccc(C(=O)NCC(=O)Nc2nc(-c3cccc(C)c3)cs2)c1. The summed E-state index contributed by atoms with van der Waals surface area (Å²) in [6.45, 7) is 12.5. The number of hydrogen-bond acceptors (Lipinski definition) is 5. The Labute approximate surface area is 232 Å². The average molecular weight is 538 g/mol. The van der Waals surface area contributed by atoms with E-state index >= 15 is 0 Å². The third-order valence-corrected chi connectivity index (χ3v) is 7.46. The molecule has 2 aromatic heterocycles. The van der Waals surface area contributed by atoms with Crippen molar-refractivity contribution in [3.63, 3.8) is 0 Å². The Balaban J connectivity index is 0.000000358.